The quantitative estimate of drug-likeness (QED) is 0.463. The summed E-state index contributed by atoms with van der Waals surface area (Å²) in [7, 11) is -6.51. The monoisotopic (exact) mass is 338 g/mol. The van der Waals surface area contributed by atoms with Crippen molar-refractivity contribution in [3.05, 3.63) is 24.3 Å². The lowest BCUT2D eigenvalue weighted by molar-refractivity contribution is -0.146. The molecule has 0 aliphatic heterocycles. The van der Waals surface area contributed by atoms with E-state index < -0.39 is 38.7 Å². The average molecular weight is 338 g/mol. The highest BCUT2D eigenvalue weighted by Gasteiger charge is 2.20. The summed E-state index contributed by atoms with van der Waals surface area (Å²) < 4.78 is 50.6. The number of carbonyl (C=O) groups is 1. The van der Waals surface area contributed by atoms with Crippen LogP contribution in [0.1, 0.15) is 0 Å². The molecule has 0 spiro atoms. The minimum Gasteiger partial charge on any atom is -0.479 e. The molecule has 0 radical (unpaired) electrons. The second-order valence-corrected chi connectivity index (χ2v) is 7.54. The lowest BCUT2D eigenvalue weighted by Gasteiger charge is -2.09. The van der Waals surface area contributed by atoms with Crippen LogP contribution in [0.4, 0.5) is 0 Å². The zero-order valence-electron chi connectivity index (χ0n) is 10.8. The van der Waals surface area contributed by atoms with E-state index >= 15 is 0 Å². The third-order valence-electron chi connectivity index (χ3n) is 2.46. The summed E-state index contributed by atoms with van der Waals surface area (Å²) in [5.41, 5.74) is 0. The van der Waals surface area contributed by atoms with Crippen molar-refractivity contribution in [2.45, 2.75) is 15.9 Å². The van der Waals surface area contributed by atoms with Gasteiger partial charge in [0.25, 0.3) is 0 Å². The smallest absolute Gasteiger partial charge is 0.333 e. The second-order valence-electron chi connectivity index (χ2n) is 3.88. The van der Waals surface area contributed by atoms with Crippen LogP contribution in [0.3, 0.4) is 0 Å². The van der Waals surface area contributed by atoms with Crippen molar-refractivity contribution >= 4 is 26.0 Å². The van der Waals surface area contributed by atoms with Gasteiger partial charge < -0.3 is 10.2 Å². The van der Waals surface area contributed by atoms with Crippen molar-refractivity contribution in [2.75, 3.05) is 13.6 Å². The Kier molecular flexibility index (Phi) is 5.42. The van der Waals surface area contributed by atoms with Crippen molar-refractivity contribution < 1.29 is 31.8 Å². The molecule has 0 aliphatic carbocycles. The summed E-state index contributed by atoms with van der Waals surface area (Å²) in [5, 5.41) is 17.4. The van der Waals surface area contributed by atoms with Gasteiger partial charge in [0, 0.05) is 6.54 Å². The van der Waals surface area contributed by atoms with Crippen LogP contribution < -0.4 is 9.44 Å². The topological polar surface area (TPSA) is 150 Å². The largest absolute Gasteiger partial charge is 0.479 e. The van der Waals surface area contributed by atoms with Crippen LogP contribution >= 0.6 is 0 Å². The highest BCUT2D eigenvalue weighted by Crippen LogP contribution is 2.14. The summed E-state index contributed by atoms with van der Waals surface area (Å²) >= 11 is 0. The van der Waals surface area contributed by atoms with E-state index in [2.05, 4.69) is 4.72 Å². The summed E-state index contributed by atoms with van der Waals surface area (Å²) in [6, 6.07) is 4.29. The minimum atomic E-state index is -4.05. The summed E-state index contributed by atoms with van der Waals surface area (Å²) in [6.45, 7) is -0.700. The molecule has 11 heteroatoms. The molecule has 118 valence electrons. The number of benzene rings is 1. The van der Waals surface area contributed by atoms with E-state index in [-0.39, 0.29) is 9.79 Å². The molecule has 9 nitrogen and oxygen atoms in total. The number of aliphatic hydroxyl groups is 1. The predicted molar refractivity (Wildman–Crippen MR) is 71.5 cm³/mol. The Morgan fingerprint density at radius 1 is 1.10 bits per heavy atom. The molecule has 21 heavy (non-hydrogen) atoms. The molecule has 1 rings (SSSR count). The molecule has 0 aliphatic rings. The summed E-state index contributed by atoms with van der Waals surface area (Å²) in [6.07, 6.45) is -1.87. The first-order valence-corrected chi connectivity index (χ1v) is 8.51. The molecule has 0 aromatic heterocycles. The fraction of sp³-hybridized carbons (Fsp3) is 0.300. The van der Waals surface area contributed by atoms with Crippen molar-refractivity contribution in [3.8, 4) is 0 Å². The van der Waals surface area contributed by atoms with Crippen LogP contribution in [0.5, 0.6) is 0 Å². The van der Waals surface area contributed by atoms with Crippen LogP contribution in [-0.4, -0.2) is 52.7 Å². The molecule has 4 N–H and O–H groups in total. The fourth-order valence-electron chi connectivity index (χ4n) is 1.28. The summed E-state index contributed by atoms with van der Waals surface area (Å²) in [4.78, 5) is 10.0. The van der Waals surface area contributed by atoms with Crippen LogP contribution in [-0.2, 0) is 24.8 Å². The molecule has 1 aromatic carbocycles. The van der Waals surface area contributed by atoms with E-state index in [4.69, 9.17) is 10.2 Å². The maximum atomic E-state index is 11.8. The lowest BCUT2D eigenvalue weighted by Crippen LogP contribution is -2.36. The normalized spacial score (nSPS) is 13.8. The first kappa shape index (κ1) is 17.5. The Morgan fingerprint density at radius 2 is 1.52 bits per heavy atom. The molecular formula is C10H14N2O7S2. The molecule has 0 heterocycles. The van der Waals surface area contributed by atoms with Gasteiger partial charge in [-0.3, -0.25) is 0 Å². The SMILES string of the molecule is CNS(=O)(=O)c1ccc(S(=O)(=O)NCC(O)C(=O)O)cc1. The average Bonchev–Trinajstić information content (AvgIpc) is 2.44. The zero-order chi connectivity index (χ0) is 16.3. The molecule has 1 atom stereocenters. The molecule has 0 saturated heterocycles. The van der Waals surface area contributed by atoms with E-state index in [9.17, 15) is 21.6 Å². The summed E-state index contributed by atoms with van der Waals surface area (Å²) in [5.74, 6) is -1.56. The number of nitrogens with one attached hydrogen (secondary N) is 2. The standard InChI is InChI=1S/C10H14N2O7S2/c1-11-20(16,17)7-2-4-8(5-3-7)21(18,19)12-6-9(13)10(14)15/h2-5,9,11-13H,6H2,1H3,(H,14,15). The highest BCUT2D eigenvalue weighted by molar-refractivity contribution is 7.90. The van der Waals surface area contributed by atoms with E-state index in [1.165, 1.54) is 7.05 Å². The van der Waals surface area contributed by atoms with Gasteiger partial charge in [-0.25, -0.2) is 31.1 Å². The number of hydrogen-bond donors (Lipinski definition) is 4. The van der Waals surface area contributed by atoms with E-state index in [0.29, 0.717) is 0 Å². The van der Waals surface area contributed by atoms with Gasteiger partial charge in [0.05, 0.1) is 9.79 Å². The first-order valence-electron chi connectivity index (χ1n) is 5.54. The van der Waals surface area contributed by atoms with Gasteiger partial charge in [-0.15, -0.1) is 0 Å². The number of carboxylic acid groups (broad SMARTS) is 1. The van der Waals surface area contributed by atoms with E-state index in [1.807, 2.05) is 4.72 Å². The van der Waals surface area contributed by atoms with Gasteiger partial charge in [0.1, 0.15) is 0 Å². The highest BCUT2D eigenvalue weighted by atomic mass is 32.2. The number of hydrogen-bond acceptors (Lipinski definition) is 6. The van der Waals surface area contributed by atoms with Gasteiger partial charge in [0.15, 0.2) is 6.10 Å². The third-order valence-corrected chi connectivity index (χ3v) is 5.33. The minimum absolute atomic E-state index is 0.116. The van der Waals surface area contributed by atoms with Crippen molar-refractivity contribution in [2.24, 2.45) is 0 Å². The number of sulfonamides is 2. The molecular weight excluding hydrogens is 324 g/mol. The fourth-order valence-corrected chi connectivity index (χ4v) is 3.04. The van der Waals surface area contributed by atoms with Crippen molar-refractivity contribution in [3.63, 3.8) is 0 Å². The Morgan fingerprint density at radius 3 is 1.90 bits per heavy atom. The number of aliphatic hydroxyl groups excluding tert-OH is 1. The van der Waals surface area contributed by atoms with Gasteiger partial charge in [-0.1, -0.05) is 0 Å². The van der Waals surface area contributed by atoms with Crippen LogP contribution in [0, 0.1) is 0 Å². The van der Waals surface area contributed by atoms with Crippen molar-refractivity contribution in [1.82, 2.24) is 9.44 Å². The Labute approximate surface area is 121 Å². The van der Waals surface area contributed by atoms with Crippen LogP contribution in [0.2, 0.25) is 0 Å². The molecule has 0 bridgehead atoms. The molecule has 0 saturated carbocycles. The Balaban J connectivity index is 2.93. The second kappa shape index (κ2) is 6.49. The maximum Gasteiger partial charge on any atom is 0.333 e. The van der Waals surface area contributed by atoms with Crippen LogP contribution in [0.25, 0.3) is 0 Å². The van der Waals surface area contributed by atoms with Gasteiger partial charge in [-0.2, -0.15) is 0 Å². The molecule has 1 aromatic rings. The van der Waals surface area contributed by atoms with E-state index in [0.717, 1.165) is 24.3 Å². The molecule has 0 fully saturated rings. The van der Waals surface area contributed by atoms with Gasteiger partial charge in [-0.05, 0) is 31.3 Å². The van der Waals surface area contributed by atoms with E-state index in [1.54, 1.807) is 0 Å². The van der Waals surface area contributed by atoms with Crippen LogP contribution in [0.15, 0.2) is 34.1 Å². The van der Waals surface area contributed by atoms with Crippen molar-refractivity contribution in [1.29, 1.82) is 0 Å². The zero-order valence-corrected chi connectivity index (χ0v) is 12.5. The van der Waals surface area contributed by atoms with Gasteiger partial charge >= 0.3 is 5.97 Å². The predicted octanol–water partition coefficient (Wildman–Crippen LogP) is -1.68. The maximum absolute atomic E-state index is 11.8. The number of rotatable bonds is 7. The molecule has 1 unspecified atom stereocenters. The van der Waals surface area contributed by atoms with Gasteiger partial charge in [0.2, 0.25) is 20.0 Å². The Bertz CT molecular complexity index is 710. The first-order chi connectivity index (χ1) is 9.60. The lowest BCUT2D eigenvalue weighted by atomic mass is 10.4. The Hall–Kier alpha value is -1.53. The number of carboxylic acids is 1. The molecule has 0 amide bonds. The third kappa shape index (κ3) is 4.47. The number of aliphatic carboxylic acids is 1.